The fraction of sp³-hybridized carbons (Fsp3) is 0.342. The molecule has 1 aliphatic rings. The smallest absolute Gasteiger partial charge is 0.351 e. The van der Waals surface area contributed by atoms with Crippen LogP contribution < -0.4 is 10.2 Å². The van der Waals surface area contributed by atoms with Crippen molar-refractivity contribution in [2.75, 3.05) is 4.90 Å². The van der Waals surface area contributed by atoms with Crippen molar-refractivity contribution in [3.63, 3.8) is 0 Å². The van der Waals surface area contributed by atoms with Gasteiger partial charge in [-0.2, -0.15) is 13.2 Å². The first kappa shape index (κ1) is 34.9. The second-order valence-corrected chi connectivity index (χ2v) is 12.8. The quantitative estimate of drug-likeness (QED) is 0.149. The van der Waals surface area contributed by atoms with E-state index in [0.29, 0.717) is 22.1 Å². The third-order valence-corrected chi connectivity index (χ3v) is 8.65. The Morgan fingerprint density at radius 3 is 2.27 bits per heavy atom. The fourth-order valence-electron chi connectivity index (χ4n) is 5.88. The lowest BCUT2D eigenvalue weighted by Crippen LogP contribution is -2.45. The number of amides is 1. The van der Waals surface area contributed by atoms with E-state index in [4.69, 9.17) is 16.6 Å². The molecule has 1 aliphatic carbocycles. The van der Waals surface area contributed by atoms with Crippen LogP contribution in [0, 0.1) is 24.6 Å². The standard InChI is InChI=1S/C38H37ClF4N4O/c1-24(2)35-44-25(3)32(22-17-27-9-7-8-12-33(27)38(41,42)43)36(46-35)47(23-26-13-18-29(39)19-14-26)34(28-15-20-30(40)21-16-28)37(48)45-31-10-5-4-6-11-31/h7-9,12-16,18-21,24,31,34H,4-6,10-11,23H2,1-3H3,(H,45,48). The lowest BCUT2D eigenvalue weighted by molar-refractivity contribution is -0.137. The molecule has 0 radical (unpaired) electrons. The van der Waals surface area contributed by atoms with E-state index >= 15 is 0 Å². The number of aromatic nitrogens is 2. The van der Waals surface area contributed by atoms with Crippen LogP contribution in [0.2, 0.25) is 5.02 Å². The van der Waals surface area contributed by atoms with E-state index in [-0.39, 0.29) is 41.4 Å². The van der Waals surface area contributed by atoms with Crippen LogP contribution in [0.5, 0.6) is 0 Å². The highest BCUT2D eigenvalue weighted by molar-refractivity contribution is 6.30. The highest BCUT2D eigenvalue weighted by atomic mass is 35.5. The molecule has 1 saturated carbocycles. The van der Waals surface area contributed by atoms with Crippen LogP contribution >= 0.6 is 11.6 Å². The van der Waals surface area contributed by atoms with Crippen molar-refractivity contribution < 1.29 is 22.4 Å². The number of anilines is 1. The molecule has 0 bridgehead atoms. The topological polar surface area (TPSA) is 58.1 Å². The van der Waals surface area contributed by atoms with Crippen LogP contribution in [-0.2, 0) is 17.5 Å². The summed E-state index contributed by atoms with van der Waals surface area (Å²) < 4.78 is 55.9. The molecule has 0 spiro atoms. The Labute approximate surface area is 283 Å². The van der Waals surface area contributed by atoms with Crippen LogP contribution in [0.4, 0.5) is 23.4 Å². The van der Waals surface area contributed by atoms with Gasteiger partial charge in [0.1, 0.15) is 23.5 Å². The maximum atomic E-state index is 14.4. The van der Waals surface area contributed by atoms with Gasteiger partial charge in [-0.05, 0) is 67.3 Å². The Morgan fingerprint density at radius 1 is 0.958 bits per heavy atom. The van der Waals surface area contributed by atoms with Crippen LogP contribution in [0.25, 0.3) is 0 Å². The molecule has 0 aliphatic heterocycles. The number of alkyl halides is 3. The van der Waals surface area contributed by atoms with Crippen LogP contribution in [0.3, 0.4) is 0 Å². The van der Waals surface area contributed by atoms with Gasteiger partial charge in [0.05, 0.1) is 16.8 Å². The van der Waals surface area contributed by atoms with E-state index in [1.807, 2.05) is 26.0 Å². The Balaban J connectivity index is 1.74. The Morgan fingerprint density at radius 2 is 1.62 bits per heavy atom. The van der Waals surface area contributed by atoms with Gasteiger partial charge in [0.15, 0.2) is 0 Å². The minimum absolute atomic E-state index is 0.0249. The number of halogens is 5. The third kappa shape index (κ3) is 8.53. The number of hydrogen-bond donors (Lipinski definition) is 1. The van der Waals surface area contributed by atoms with Crippen molar-refractivity contribution in [2.24, 2.45) is 0 Å². The van der Waals surface area contributed by atoms with Crippen molar-refractivity contribution in [2.45, 2.75) is 83.6 Å². The highest BCUT2D eigenvalue weighted by Crippen LogP contribution is 2.35. The van der Waals surface area contributed by atoms with Gasteiger partial charge in [0, 0.05) is 29.1 Å². The largest absolute Gasteiger partial charge is 0.417 e. The maximum Gasteiger partial charge on any atom is 0.417 e. The third-order valence-electron chi connectivity index (χ3n) is 8.39. The predicted octanol–water partition coefficient (Wildman–Crippen LogP) is 9.32. The summed E-state index contributed by atoms with van der Waals surface area (Å²) in [4.78, 5) is 25.8. The molecule has 48 heavy (non-hydrogen) atoms. The highest BCUT2D eigenvalue weighted by Gasteiger charge is 2.34. The SMILES string of the molecule is Cc1nc(C(C)C)nc(N(Cc2ccc(Cl)cc2)C(C(=O)NC2CCCCC2)c2ccc(F)cc2)c1C#Cc1ccccc1C(F)(F)F. The molecule has 5 rings (SSSR count). The normalized spacial score (nSPS) is 14.3. The van der Waals surface area contributed by atoms with Crippen molar-refractivity contribution >= 4 is 23.3 Å². The zero-order chi connectivity index (χ0) is 34.4. The lowest BCUT2D eigenvalue weighted by Gasteiger charge is -2.35. The lowest BCUT2D eigenvalue weighted by atomic mass is 9.94. The first-order valence-corrected chi connectivity index (χ1v) is 16.4. The summed E-state index contributed by atoms with van der Waals surface area (Å²) in [6.45, 7) is 5.74. The molecule has 4 aromatic rings. The zero-order valence-electron chi connectivity index (χ0n) is 27.0. The molecule has 1 unspecified atom stereocenters. The van der Waals surface area contributed by atoms with E-state index < -0.39 is 23.6 Å². The molecule has 5 nitrogen and oxygen atoms in total. The number of nitrogens with zero attached hydrogens (tertiary/aromatic N) is 3. The van der Waals surface area contributed by atoms with Gasteiger partial charge in [-0.1, -0.05) is 92.9 Å². The molecule has 10 heteroatoms. The molecule has 1 heterocycles. The average molecular weight is 677 g/mol. The van der Waals surface area contributed by atoms with Gasteiger partial charge >= 0.3 is 6.18 Å². The van der Waals surface area contributed by atoms with E-state index in [9.17, 15) is 22.4 Å². The number of benzene rings is 3. The van der Waals surface area contributed by atoms with Gasteiger partial charge in [-0.25, -0.2) is 14.4 Å². The summed E-state index contributed by atoms with van der Waals surface area (Å²) in [6, 6.07) is 17.0. The second kappa shape index (κ2) is 15.2. The van der Waals surface area contributed by atoms with Crippen molar-refractivity contribution in [3.8, 4) is 11.8 Å². The molecule has 1 atom stereocenters. The number of carbonyl (C=O) groups excluding carboxylic acids is 1. The molecular formula is C38H37ClF4N4O. The molecule has 0 saturated heterocycles. The molecule has 1 aromatic heterocycles. The maximum absolute atomic E-state index is 14.4. The minimum Gasteiger partial charge on any atom is -0.351 e. The molecule has 1 N–H and O–H groups in total. The Kier molecular flexibility index (Phi) is 11.1. The van der Waals surface area contributed by atoms with Crippen LogP contribution in [0.15, 0.2) is 72.8 Å². The minimum atomic E-state index is -4.60. The summed E-state index contributed by atoms with van der Waals surface area (Å²) in [5.41, 5.74) is 0.987. The summed E-state index contributed by atoms with van der Waals surface area (Å²) in [5, 5.41) is 3.76. The number of hydrogen-bond acceptors (Lipinski definition) is 4. The summed E-state index contributed by atoms with van der Waals surface area (Å²) >= 11 is 6.21. The van der Waals surface area contributed by atoms with Gasteiger partial charge in [-0.3, -0.25) is 4.79 Å². The molecular weight excluding hydrogens is 640 g/mol. The second-order valence-electron chi connectivity index (χ2n) is 12.4. The van der Waals surface area contributed by atoms with E-state index in [0.717, 1.165) is 43.7 Å². The predicted molar refractivity (Wildman–Crippen MR) is 180 cm³/mol. The average Bonchev–Trinajstić information content (AvgIpc) is 3.05. The molecule has 1 fully saturated rings. The molecule has 250 valence electrons. The number of rotatable bonds is 8. The van der Waals surface area contributed by atoms with Crippen LogP contribution in [-0.4, -0.2) is 21.9 Å². The summed E-state index contributed by atoms with van der Waals surface area (Å²) in [7, 11) is 0. The number of carbonyl (C=O) groups is 1. The molecule has 3 aromatic carbocycles. The monoisotopic (exact) mass is 676 g/mol. The Bertz CT molecular complexity index is 1790. The van der Waals surface area contributed by atoms with Crippen molar-refractivity contribution in [1.82, 2.24) is 15.3 Å². The van der Waals surface area contributed by atoms with Gasteiger partial charge < -0.3 is 10.2 Å². The zero-order valence-corrected chi connectivity index (χ0v) is 27.8. The van der Waals surface area contributed by atoms with E-state index in [2.05, 4.69) is 22.1 Å². The van der Waals surface area contributed by atoms with Crippen molar-refractivity contribution in [1.29, 1.82) is 0 Å². The Hall–Kier alpha value is -4.42. The number of nitrogens with one attached hydrogen (secondary N) is 1. The van der Waals surface area contributed by atoms with Crippen LogP contribution in [0.1, 0.15) is 97.2 Å². The number of aryl methyl sites for hydroxylation is 1. The van der Waals surface area contributed by atoms with E-state index in [1.54, 1.807) is 36.1 Å². The van der Waals surface area contributed by atoms with Gasteiger partial charge in [0.25, 0.3) is 0 Å². The first-order valence-electron chi connectivity index (χ1n) is 16.0. The van der Waals surface area contributed by atoms with E-state index in [1.165, 1.54) is 30.3 Å². The van der Waals surface area contributed by atoms with Gasteiger partial charge in [-0.15, -0.1) is 0 Å². The summed E-state index contributed by atoms with van der Waals surface area (Å²) in [5.74, 6) is 5.58. The fourth-order valence-corrected chi connectivity index (χ4v) is 6.01. The van der Waals surface area contributed by atoms with Crippen molar-refractivity contribution in [3.05, 3.63) is 123 Å². The first-order chi connectivity index (χ1) is 22.9. The van der Waals surface area contributed by atoms with Gasteiger partial charge in [0.2, 0.25) is 5.91 Å². The summed E-state index contributed by atoms with van der Waals surface area (Å²) in [6.07, 6.45) is 0.198. The molecule has 1 amide bonds.